The molecule has 1 heterocycles. The molecule has 0 bridgehead atoms. The lowest BCUT2D eigenvalue weighted by molar-refractivity contribution is -0.117. The molecule has 2 aromatic carbocycles. The van der Waals surface area contributed by atoms with Gasteiger partial charge in [-0.3, -0.25) is 4.79 Å². The van der Waals surface area contributed by atoms with Crippen molar-refractivity contribution in [3.05, 3.63) is 59.4 Å². The van der Waals surface area contributed by atoms with Gasteiger partial charge < -0.3 is 9.64 Å². The van der Waals surface area contributed by atoms with Crippen molar-refractivity contribution in [3.8, 4) is 5.75 Å². The Bertz CT molecular complexity index is 667. The molecule has 0 N–H and O–H groups in total. The molecule has 1 aliphatic heterocycles. The molecule has 2 aromatic rings. The summed E-state index contributed by atoms with van der Waals surface area (Å²) in [7, 11) is 1.61. The van der Waals surface area contributed by atoms with E-state index in [0.29, 0.717) is 19.4 Å². The van der Waals surface area contributed by atoms with Gasteiger partial charge in [0.05, 0.1) is 13.5 Å². The van der Waals surface area contributed by atoms with Crippen LogP contribution in [-0.2, 0) is 17.6 Å². The molecule has 3 nitrogen and oxygen atoms in total. The summed E-state index contributed by atoms with van der Waals surface area (Å²) in [5, 5.41) is 0. The predicted octanol–water partition coefficient (Wildman–Crippen LogP) is 2.97. The minimum absolute atomic E-state index is 0.0329. The van der Waals surface area contributed by atoms with E-state index in [4.69, 9.17) is 4.74 Å². The number of carbonyl (C=O) groups is 1. The quantitative estimate of drug-likeness (QED) is 0.867. The minimum atomic E-state index is -0.252. The molecule has 0 aromatic heterocycles. The van der Waals surface area contributed by atoms with Crippen molar-refractivity contribution in [2.45, 2.75) is 12.8 Å². The largest absolute Gasteiger partial charge is 0.497 e. The first-order valence-electron chi connectivity index (χ1n) is 6.89. The van der Waals surface area contributed by atoms with Crippen molar-refractivity contribution in [3.63, 3.8) is 0 Å². The van der Waals surface area contributed by atoms with Gasteiger partial charge in [0.25, 0.3) is 0 Å². The number of rotatable bonds is 3. The number of anilines is 1. The third-order valence-corrected chi connectivity index (χ3v) is 3.75. The third-order valence-electron chi connectivity index (χ3n) is 3.75. The lowest BCUT2D eigenvalue weighted by atomic mass is 10.1. The van der Waals surface area contributed by atoms with E-state index in [1.807, 2.05) is 24.3 Å². The topological polar surface area (TPSA) is 29.5 Å². The van der Waals surface area contributed by atoms with Crippen LogP contribution in [0.1, 0.15) is 11.1 Å². The van der Waals surface area contributed by atoms with Gasteiger partial charge in [-0.1, -0.05) is 12.1 Å². The van der Waals surface area contributed by atoms with Crippen molar-refractivity contribution in [2.75, 3.05) is 18.6 Å². The Morgan fingerprint density at radius 2 is 2.00 bits per heavy atom. The molecule has 1 amide bonds. The van der Waals surface area contributed by atoms with Crippen LogP contribution in [0.25, 0.3) is 0 Å². The highest BCUT2D eigenvalue weighted by atomic mass is 19.1. The Morgan fingerprint density at radius 1 is 1.24 bits per heavy atom. The van der Waals surface area contributed by atoms with Crippen molar-refractivity contribution in [1.29, 1.82) is 0 Å². The molecular weight excluding hydrogens is 269 g/mol. The van der Waals surface area contributed by atoms with Gasteiger partial charge in [-0.25, -0.2) is 4.39 Å². The Kier molecular flexibility index (Phi) is 3.60. The number of halogens is 1. The highest BCUT2D eigenvalue weighted by Crippen LogP contribution is 2.29. The Morgan fingerprint density at radius 3 is 2.71 bits per heavy atom. The number of benzene rings is 2. The fraction of sp³-hybridized carbons (Fsp3) is 0.235. The monoisotopic (exact) mass is 285 g/mol. The second-order valence-corrected chi connectivity index (χ2v) is 5.09. The molecular formula is C17H16FNO2. The molecule has 0 aliphatic carbocycles. The fourth-order valence-electron chi connectivity index (χ4n) is 2.64. The minimum Gasteiger partial charge on any atom is -0.497 e. The molecule has 0 fully saturated rings. The van der Waals surface area contributed by atoms with Gasteiger partial charge in [-0.15, -0.1) is 0 Å². The molecule has 21 heavy (non-hydrogen) atoms. The van der Waals surface area contributed by atoms with Gasteiger partial charge in [0.2, 0.25) is 5.91 Å². The lowest BCUT2D eigenvalue weighted by Gasteiger charge is -2.17. The summed E-state index contributed by atoms with van der Waals surface area (Å²) in [5.74, 6) is 0.553. The van der Waals surface area contributed by atoms with Gasteiger partial charge in [-0.05, 0) is 47.9 Å². The maximum atomic E-state index is 13.2. The highest BCUT2D eigenvalue weighted by molar-refractivity contribution is 5.96. The highest BCUT2D eigenvalue weighted by Gasteiger charge is 2.24. The van der Waals surface area contributed by atoms with Gasteiger partial charge in [-0.2, -0.15) is 0 Å². The molecule has 1 aliphatic rings. The molecule has 0 atom stereocenters. The standard InChI is InChI=1S/C17H16FNO2/c1-21-15-5-2-12(3-6-15)10-17(20)19-9-8-13-11-14(18)4-7-16(13)19/h2-7,11H,8-10H2,1H3. The number of nitrogens with zero attached hydrogens (tertiary/aromatic N) is 1. The van der Waals surface area contributed by atoms with E-state index in [-0.39, 0.29) is 11.7 Å². The molecule has 0 spiro atoms. The lowest BCUT2D eigenvalue weighted by Crippen LogP contribution is -2.30. The van der Waals surface area contributed by atoms with Gasteiger partial charge in [0.1, 0.15) is 11.6 Å². The SMILES string of the molecule is COc1ccc(CC(=O)N2CCc3cc(F)ccc32)cc1. The first-order chi connectivity index (χ1) is 10.2. The molecule has 0 unspecified atom stereocenters. The van der Waals surface area contributed by atoms with Crippen LogP contribution in [-0.4, -0.2) is 19.6 Å². The van der Waals surface area contributed by atoms with Crippen LogP contribution in [0.4, 0.5) is 10.1 Å². The van der Waals surface area contributed by atoms with Crippen LogP contribution < -0.4 is 9.64 Å². The number of methoxy groups -OCH3 is 1. The number of fused-ring (bicyclic) bond motifs is 1. The average Bonchev–Trinajstić information content (AvgIpc) is 2.91. The number of ether oxygens (including phenoxy) is 1. The molecule has 3 rings (SSSR count). The second kappa shape index (κ2) is 5.56. The van der Waals surface area contributed by atoms with E-state index < -0.39 is 0 Å². The van der Waals surface area contributed by atoms with Gasteiger partial charge in [0.15, 0.2) is 0 Å². The number of hydrogen-bond donors (Lipinski definition) is 0. The van der Waals surface area contributed by atoms with Crippen LogP contribution in [0.15, 0.2) is 42.5 Å². The van der Waals surface area contributed by atoms with Gasteiger partial charge in [0, 0.05) is 12.2 Å². The maximum Gasteiger partial charge on any atom is 0.231 e. The zero-order valence-electron chi connectivity index (χ0n) is 11.8. The molecule has 0 saturated heterocycles. The van der Waals surface area contributed by atoms with Crippen LogP contribution in [0, 0.1) is 5.82 Å². The van der Waals surface area contributed by atoms with E-state index >= 15 is 0 Å². The summed E-state index contributed by atoms with van der Waals surface area (Å²) in [6.07, 6.45) is 1.04. The first kappa shape index (κ1) is 13.6. The van der Waals surface area contributed by atoms with Crippen molar-refractivity contribution < 1.29 is 13.9 Å². The van der Waals surface area contributed by atoms with Crippen molar-refractivity contribution >= 4 is 11.6 Å². The van der Waals surface area contributed by atoms with Gasteiger partial charge >= 0.3 is 0 Å². The van der Waals surface area contributed by atoms with Crippen LogP contribution >= 0.6 is 0 Å². The second-order valence-electron chi connectivity index (χ2n) is 5.09. The van der Waals surface area contributed by atoms with E-state index in [1.54, 1.807) is 18.1 Å². The van der Waals surface area contributed by atoms with Crippen LogP contribution in [0.3, 0.4) is 0 Å². The third kappa shape index (κ3) is 2.75. The summed E-state index contributed by atoms with van der Waals surface area (Å²) in [5.41, 5.74) is 2.67. The first-order valence-corrected chi connectivity index (χ1v) is 6.89. The summed E-state index contributed by atoms with van der Waals surface area (Å²) in [6, 6.07) is 12.1. The summed E-state index contributed by atoms with van der Waals surface area (Å²) >= 11 is 0. The molecule has 108 valence electrons. The van der Waals surface area contributed by atoms with Crippen LogP contribution in [0.5, 0.6) is 5.75 Å². The maximum absolute atomic E-state index is 13.2. The molecule has 4 heteroatoms. The zero-order valence-corrected chi connectivity index (χ0v) is 11.8. The fourth-order valence-corrected chi connectivity index (χ4v) is 2.64. The van der Waals surface area contributed by atoms with Crippen molar-refractivity contribution in [2.24, 2.45) is 0 Å². The molecule has 0 saturated carbocycles. The van der Waals surface area contributed by atoms with E-state index in [1.165, 1.54) is 12.1 Å². The van der Waals surface area contributed by atoms with E-state index in [2.05, 4.69) is 0 Å². The predicted molar refractivity (Wildman–Crippen MR) is 79.2 cm³/mol. The summed E-state index contributed by atoms with van der Waals surface area (Å²) < 4.78 is 18.3. The number of carbonyl (C=O) groups excluding carboxylic acids is 1. The Hall–Kier alpha value is -2.36. The number of amides is 1. The average molecular weight is 285 g/mol. The van der Waals surface area contributed by atoms with Crippen molar-refractivity contribution in [1.82, 2.24) is 0 Å². The summed E-state index contributed by atoms with van der Waals surface area (Å²) in [4.78, 5) is 14.2. The van der Waals surface area contributed by atoms with E-state index in [9.17, 15) is 9.18 Å². The normalized spacial score (nSPS) is 13.1. The van der Waals surface area contributed by atoms with E-state index in [0.717, 1.165) is 22.6 Å². The van der Waals surface area contributed by atoms with Crippen LogP contribution in [0.2, 0.25) is 0 Å². The Balaban J connectivity index is 1.75. The Labute approximate surface area is 123 Å². The zero-order chi connectivity index (χ0) is 14.8. The summed E-state index contributed by atoms with van der Waals surface area (Å²) in [6.45, 7) is 0.619. The molecule has 0 radical (unpaired) electrons. The number of hydrogen-bond acceptors (Lipinski definition) is 2. The smallest absolute Gasteiger partial charge is 0.231 e.